The van der Waals surface area contributed by atoms with Crippen molar-refractivity contribution in [3.05, 3.63) is 59.2 Å². The Morgan fingerprint density at radius 3 is 2.97 bits per heavy atom. The third-order valence-electron chi connectivity index (χ3n) is 5.30. The molecule has 0 radical (unpaired) electrons. The first-order chi connectivity index (χ1) is 14.1. The molecule has 2 aromatic carbocycles. The molecule has 1 fully saturated rings. The molecular formula is C22H22ClN3O3. The van der Waals surface area contributed by atoms with Gasteiger partial charge < -0.3 is 19.9 Å². The predicted octanol–water partition coefficient (Wildman–Crippen LogP) is 3.54. The molecule has 6 nitrogen and oxygen atoms in total. The molecule has 7 heteroatoms. The topological polar surface area (TPSA) is 74.4 Å². The predicted molar refractivity (Wildman–Crippen MR) is 113 cm³/mol. The van der Waals surface area contributed by atoms with E-state index in [4.69, 9.17) is 16.3 Å². The van der Waals surface area contributed by atoms with Crippen LogP contribution < -0.4 is 15.0 Å². The van der Waals surface area contributed by atoms with E-state index in [2.05, 4.69) is 16.4 Å². The summed E-state index contributed by atoms with van der Waals surface area (Å²) in [5.74, 6) is -0.0543. The number of rotatable bonds is 6. The van der Waals surface area contributed by atoms with E-state index in [0.29, 0.717) is 29.5 Å². The average molecular weight is 412 g/mol. The lowest BCUT2D eigenvalue weighted by Crippen LogP contribution is -2.34. The largest absolute Gasteiger partial charge is 0.495 e. The van der Waals surface area contributed by atoms with Gasteiger partial charge in [0, 0.05) is 41.6 Å². The molecule has 150 valence electrons. The highest BCUT2D eigenvalue weighted by Gasteiger charge is 2.36. The van der Waals surface area contributed by atoms with Gasteiger partial charge in [-0.3, -0.25) is 9.59 Å². The number of carbonyl (C=O) groups excluding carboxylic acids is 2. The van der Waals surface area contributed by atoms with Crippen molar-refractivity contribution in [1.29, 1.82) is 0 Å². The summed E-state index contributed by atoms with van der Waals surface area (Å²) in [5, 5.41) is 4.65. The maximum atomic E-state index is 12.6. The van der Waals surface area contributed by atoms with Crippen molar-refractivity contribution in [3.8, 4) is 5.75 Å². The van der Waals surface area contributed by atoms with Crippen molar-refractivity contribution in [1.82, 2.24) is 10.3 Å². The van der Waals surface area contributed by atoms with Crippen molar-refractivity contribution in [2.75, 3.05) is 25.1 Å². The van der Waals surface area contributed by atoms with Crippen molar-refractivity contribution in [2.24, 2.45) is 5.92 Å². The number of fused-ring (bicyclic) bond motifs is 1. The van der Waals surface area contributed by atoms with E-state index in [9.17, 15) is 9.59 Å². The van der Waals surface area contributed by atoms with E-state index < -0.39 is 5.92 Å². The quantitative estimate of drug-likeness (QED) is 0.651. The fourth-order valence-electron chi connectivity index (χ4n) is 3.79. The Morgan fingerprint density at radius 2 is 2.14 bits per heavy atom. The van der Waals surface area contributed by atoms with Crippen LogP contribution in [0.2, 0.25) is 5.02 Å². The molecule has 1 saturated heterocycles. The smallest absolute Gasteiger partial charge is 0.227 e. The highest BCUT2D eigenvalue weighted by molar-refractivity contribution is 6.31. The van der Waals surface area contributed by atoms with Crippen LogP contribution in [0.15, 0.2) is 48.7 Å². The number of ether oxygens (including phenoxy) is 1. The molecule has 1 aliphatic heterocycles. The lowest BCUT2D eigenvalue weighted by molar-refractivity contribution is -0.126. The second-order valence-electron chi connectivity index (χ2n) is 7.12. The van der Waals surface area contributed by atoms with Gasteiger partial charge in [-0.05, 0) is 36.2 Å². The van der Waals surface area contributed by atoms with Crippen LogP contribution in [0.1, 0.15) is 12.0 Å². The van der Waals surface area contributed by atoms with Crippen LogP contribution in [-0.2, 0) is 16.0 Å². The molecule has 0 saturated carbocycles. The molecule has 0 bridgehead atoms. The standard InChI is InChI=1S/C22H22ClN3O3/c1-29-20-7-6-16(23)11-19(20)26-13-15(10-21(26)27)22(28)24-9-8-14-12-25-18-5-3-2-4-17(14)18/h2-7,11-12,15,25H,8-10,13H2,1H3,(H,24,28)/t15-/m1/s1. The number of hydrogen-bond donors (Lipinski definition) is 2. The molecule has 0 spiro atoms. The summed E-state index contributed by atoms with van der Waals surface area (Å²) in [6.07, 6.45) is 2.87. The normalized spacial score (nSPS) is 16.4. The summed E-state index contributed by atoms with van der Waals surface area (Å²) in [4.78, 5) is 30.0. The van der Waals surface area contributed by atoms with Gasteiger partial charge in [0.05, 0.1) is 18.7 Å². The zero-order valence-corrected chi connectivity index (χ0v) is 16.8. The Bertz CT molecular complexity index is 1060. The van der Waals surface area contributed by atoms with Crippen molar-refractivity contribution >= 4 is 40.0 Å². The molecule has 1 aromatic heterocycles. The Kier molecular flexibility index (Phi) is 5.45. The number of nitrogens with zero attached hydrogens (tertiary/aromatic N) is 1. The van der Waals surface area contributed by atoms with Gasteiger partial charge in [-0.25, -0.2) is 0 Å². The Hall–Kier alpha value is -2.99. The van der Waals surface area contributed by atoms with E-state index in [1.807, 2.05) is 24.4 Å². The van der Waals surface area contributed by atoms with Crippen LogP contribution in [0.4, 0.5) is 5.69 Å². The molecular weight excluding hydrogens is 390 g/mol. The number of H-pyrrole nitrogens is 1. The van der Waals surface area contributed by atoms with Crippen LogP contribution in [-0.4, -0.2) is 37.0 Å². The molecule has 2 heterocycles. The van der Waals surface area contributed by atoms with Crippen LogP contribution in [0, 0.1) is 5.92 Å². The van der Waals surface area contributed by atoms with Crippen LogP contribution in [0.25, 0.3) is 10.9 Å². The van der Waals surface area contributed by atoms with E-state index in [1.165, 1.54) is 0 Å². The number of benzene rings is 2. The molecule has 4 rings (SSSR count). The highest BCUT2D eigenvalue weighted by atomic mass is 35.5. The first kappa shape index (κ1) is 19.3. The lowest BCUT2D eigenvalue weighted by atomic mass is 10.1. The summed E-state index contributed by atoms with van der Waals surface area (Å²) in [6, 6.07) is 13.2. The minimum Gasteiger partial charge on any atom is -0.495 e. The minimum atomic E-state index is -0.394. The summed E-state index contributed by atoms with van der Waals surface area (Å²) in [6.45, 7) is 0.834. The Morgan fingerprint density at radius 1 is 1.31 bits per heavy atom. The van der Waals surface area contributed by atoms with E-state index >= 15 is 0 Å². The molecule has 3 aromatic rings. The first-order valence-corrected chi connectivity index (χ1v) is 9.91. The first-order valence-electron chi connectivity index (χ1n) is 9.53. The number of carbonyl (C=O) groups is 2. The highest BCUT2D eigenvalue weighted by Crippen LogP contribution is 2.35. The second kappa shape index (κ2) is 8.17. The average Bonchev–Trinajstić information content (AvgIpc) is 3.31. The summed E-state index contributed by atoms with van der Waals surface area (Å²) in [7, 11) is 1.54. The SMILES string of the molecule is COc1ccc(Cl)cc1N1C[C@H](C(=O)NCCc2c[nH]c3ccccc23)CC1=O. The Labute approximate surface area is 173 Å². The summed E-state index contributed by atoms with van der Waals surface area (Å²) in [5.41, 5.74) is 2.84. The number of nitrogens with one attached hydrogen (secondary N) is 2. The van der Waals surface area contributed by atoms with Crippen LogP contribution in [0.3, 0.4) is 0 Å². The van der Waals surface area contributed by atoms with E-state index in [-0.39, 0.29) is 18.2 Å². The molecule has 2 amide bonds. The number of para-hydroxylation sites is 1. The van der Waals surface area contributed by atoms with Gasteiger partial charge in [-0.1, -0.05) is 29.8 Å². The number of halogens is 1. The van der Waals surface area contributed by atoms with Gasteiger partial charge in [-0.15, -0.1) is 0 Å². The summed E-state index contributed by atoms with van der Waals surface area (Å²) < 4.78 is 5.34. The fourth-order valence-corrected chi connectivity index (χ4v) is 3.96. The third kappa shape index (κ3) is 3.93. The van der Waals surface area contributed by atoms with Crippen molar-refractivity contribution in [2.45, 2.75) is 12.8 Å². The molecule has 0 unspecified atom stereocenters. The maximum Gasteiger partial charge on any atom is 0.227 e. The number of anilines is 1. The summed E-state index contributed by atoms with van der Waals surface area (Å²) >= 11 is 6.08. The zero-order chi connectivity index (χ0) is 20.4. The van der Waals surface area contributed by atoms with Gasteiger partial charge in [0.15, 0.2) is 0 Å². The molecule has 1 aliphatic rings. The van der Waals surface area contributed by atoms with Crippen molar-refractivity contribution in [3.63, 3.8) is 0 Å². The van der Waals surface area contributed by atoms with Gasteiger partial charge in [0.25, 0.3) is 0 Å². The van der Waals surface area contributed by atoms with Gasteiger partial charge in [0.2, 0.25) is 11.8 Å². The number of hydrogen-bond acceptors (Lipinski definition) is 3. The van der Waals surface area contributed by atoms with E-state index in [0.717, 1.165) is 22.9 Å². The fraction of sp³-hybridized carbons (Fsp3) is 0.273. The maximum absolute atomic E-state index is 12.6. The molecule has 1 atom stereocenters. The van der Waals surface area contributed by atoms with Gasteiger partial charge >= 0.3 is 0 Å². The number of amides is 2. The Balaban J connectivity index is 1.38. The van der Waals surface area contributed by atoms with Crippen molar-refractivity contribution < 1.29 is 14.3 Å². The minimum absolute atomic E-state index is 0.109. The van der Waals surface area contributed by atoms with E-state index in [1.54, 1.807) is 30.2 Å². The molecule has 0 aliphatic carbocycles. The molecule has 29 heavy (non-hydrogen) atoms. The lowest BCUT2D eigenvalue weighted by Gasteiger charge is -2.19. The second-order valence-corrected chi connectivity index (χ2v) is 7.56. The van der Waals surface area contributed by atoms with Crippen LogP contribution >= 0.6 is 11.6 Å². The number of methoxy groups -OCH3 is 1. The number of aromatic amines is 1. The van der Waals surface area contributed by atoms with Gasteiger partial charge in [0.1, 0.15) is 5.75 Å². The third-order valence-corrected chi connectivity index (χ3v) is 5.53. The molecule has 2 N–H and O–H groups in total. The van der Waals surface area contributed by atoms with Gasteiger partial charge in [-0.2, -0.15) is 0 Å². The van der Waals surface area contributed by atoms with Crippen LogP contribution in [0.5, 0.6) is 5.75 Å². The zero-order valence-electron chi connectivity index (χ0n) is 16.1. The monoisotopic (exact) mass is 411 g/mol. The number of aromatic nitrogens is 1.